The zero-order valence-corrected chi connectivity index (χ0v) is 30.8. The Morgan fingerprint density at radius 2 is 1.56 bits per heavy atom. The summed E-state index contributed by atoms with van der Waals surface area (Å²) in [7, 11) is 0. The van der Waals surface area contributed by atoms with Gasteiger partial charge >= 0.3 is 0 Å². The SMILES string of the molecule is [2H]C([2H])([2H])c1cnc2c3[c-]ccc(F)c3c3ccccc3c2c1.[2H]c1cc(C([2H])([2H])C(C)(C)C)cc([2H])c1-c1cc(-c2[c-]ccc3c2oc2ccccc23)ncc1C([2H])([2H])[2H].[Ir]. The van der Waals surface area contributed by atoms with Crippen LogP contribution in [0, 0.1) is 37.1 Å². The van der Waals surface area contributed by atoms with E-state index in [0.29, 0.717) is 44.1 Å². The largest absolute Gasteiger partial charge is 0.501 e. The van der Waals surface area contributed by atoms with Crippen LogP contribution in [0.4, 0.5) is 4.39 Å². The molecular weight excluding hydrogens is 820 g/mol. The fraction of sp³-hybridized carbons (Fsp3) is 0.149. The fourth-order valence-corrected chi connectivity index (χ4v) is 6.45. The van der Waals surface area contributed by atoms with Crippen LogP contribution in [0.15, 0.2) is 126 Å². The molecule has 0 aliphatic heterocycles. The van der Waals surface area contributed by atoms with E-state index >= 15 is 0 Å². The number of hydrogen-bond acceptors (Lipinski definition) is 3. The second-order valence-corrected chi connectivity index (χ2v) is 13.3. The van der Waals surface area contributed by atoms with E-state index < -0.39 is 25.5 Å². The van der Waals surface area contributed by atoms with Gasteiger partial charge in [-0.05, 0) is 81.4 Å². The van der Waals surface area contributed by atoms with Gasteiger partial charge in [-0.25, -0.2) is 4.39 Å². The van der Waals surface area contributed by atoms with Crippen LogP contribution < -0.4 is 0 Å². The van der Waals surface area contributed by atoms with Crippen molar-refractivity contribution in [3.63, 3.8) is 0 Å². The summed E-state index contributed by atoms with van der Waals surface area (Å²) in [5.74, 6) is -0.335. The molecule has 0 atom stereocenters. The van der Waals surface area contributed by atoms with Crippen LogP contribution in [-0.2, 0) is 26.5 Å². The second-order valence-electron chi connectivity index (χ2n) is 13.3. The molecule has 3 heterocycles. The number of halogens is 1. The monoisotopic (exact) mass is 867 g/mol. The maximum absolute atomic E-state index is 14.4. The smallest absolute Gasteiger partial charge is 0.120 e. The van der Waals surface area contributed by atoms with Gasteiger partial charge in [0.25, 0.3) is 0 Å². The normalized spacial score (nSPS) is 15.2. The number of nitrogens with zero attached hydrogens (tertiary/aromatic N) is 2. The molecule has 3 aromatic heterocycles. The molecular formula is C47H37FIrN2O-2. The predicted molar refractivity (Wildman–Crippen MR) is 209 cm³/mol. The number of aromatic nitrogens is 2. The van der Waals surface area contributed by atoms with Gasteiger partial charge in [-0.1, -0.05) is 121 Å². The first-order valence-electron chi connectivity index (χ1n) is 21.4. The molecule has 0 saturated heterocycles. The van der Waals surface area contributed by atoms with Crippen molar-refractivity contribution in [1.29, 1.82) is 0 Å². The van der Waals surface area contributed by atoms with Gasteiger partial charge < -0.3 is 14.4 Å². The van der Waals surface area contributed by atoms with Crippen molar-refractivity contribution in [2.75, 3.05) is 0 Å². The summed E-state index contributed by atoms with van der Waals surface area (Å²) in [6.45, 7) is 0.484. The minimum atomic E-state index is -2.55. The molecule has 52 heavy (non-hydrogen) atoms. The van der Waals surface area contributed by atoms with Crippen LogP contribution >= 0.6 is 0 Å². The Labute approximate surface area is 330 Å². The minimum absolute atomic E-state index is 0. The second kappa shape index (κ2) is 14.1. The minimum Gasteiger partial charge on any atom is -0.501 e. The summed E-state index contributed by atoms with van der Waals surface area (Å²) in [4.78, 5) is 8.75. The number of fused-ring (bicyclic) bond motifs is 9. The number of benzene rings is 6. The van der Waals surface area contributed by atoms with Crippen molar-refractivity contribution >= 4 is 54.4 Å². The van der Waals surface area contributed by atoms with Crippen LogP contribution in [-0.4, -0.2) is 9.97 Å². The van der Waals surface area contributed by atoms with E-state index in [4.69, 9.17) is 18.1 Å². The Balaban J connectivity index is 0.000000205. The number of hydrogen-bond donors (Lipinski definition) is 0. The Morgan fingerprint density at radius 3 is 2.33 bits per heavy atom. The van der Waals surface area contributed by atoms with Crippen molar-refractivity contribution in [3.05, 3.63) is 156 Å². The van der Waals surface area contributed by atoms with Gasteiger partial charge in [0, 0.05) is 54.7 Å². The topological polar surface area (TPSA) is 38.9 Å². The summed E-state index contributed by atoms with van der Waals surface area (Å²) in [6, 6.07) is 33.4. The molecule has 3 nitrogen and oxygen atoms in total. The standard InChI is InChI=1S/C29H26NO.C18H11FN.Ir/c1-19-18-30-26(16-25(19)21-14-12-20(13-15-21)17-29(2,3)4)24-10-7-9-23-22-8-5-6-11-27(22)31-28(23)24;1-11-9-15-12-5-2-3-6-13(12)17-14(18(15)20-10-11)7-4-8-16(17)19;/h5-9,11-16,18H,17H2,1-4H3;2-6,8-10H,1H3;/q2*-1;/i1D3,14D,15D,17D2;1D3;. The van der Waals surface area contributed by atoms with E-state index in [1.54, 1.807) is 39.0 Å². The maximum Gasteiger partial charge on any atom is 0.120 e. The Morgan fingerprint density at radius 1 is 0.808 bits per heavy atom. The van der Waals surface area contributed by atoms with E-state index in [1.165, 1.54) is 36.7 Å². The molecule has 0 unspecified atom stereocenters. The molecule has 0 aliphatic carbocycles. The molecule has 5 heteroatoms. The fourth-order valence-electron chi connectivity index (χ4n) is 6.45. The van der Waals surface area contributed by atoms with Gasteiger partial charge in [0.15, 0.2) is 0 Å². The average molecular weight is 867 g/mol. The third-order valence-electron chi connectivity index (χ3n) is 8.59. The van der Waals surface area contributed by atoms with Crippen LogP contribution in [0.1, 0.15) is 51.2 Å². The predicted octanol–water partition coefficient (Wildman–Crippen LogP) is 12.8. The summed E-state index contributed by atoms with van der Waals surface area (Å²) in [5.41, 5.74) is 2.54. The zero-order valence-electron chi connectivity index (χ0n) is 38.4. The Kier molecular flexibility index (Phi) is 6.73. The van der Waals surface area contributed by atoms with E-state index in [2.05, 4.69) is 22.1 Å². The number of furan rings is 1. The van der Waals surface area contributed by atoms with Crippen molar-refractivity contribution in [1.82, 2.24) is 9.97 Å². The number of aryl methyl sites for hydroxylation is 2. The third kappa shape index (κ3) is 6.63. The molecule has 0 amide bonds. The molecule has 0 N–H and O–H groups in total. The van der Waals surface area contributed by atoms with Crippen LogP contribution in [0.25, 0.3) is 76.8 Å². The molecule has 0 spiro atoms. The van der Waals surface area contributed by atoms with Crippen molar-refractivity contribution in [3.8, 4) is 22.4 Å². The third-order valence-corrected chi connectivity index (χ3v) is 8.59. The first kappa shape index (κ1) is 24.9. The van der Waals surface area contributed by atoms with Gasteiger partial charge in [0.1, 0.15) is 5.58 Å². The van der Waals surface area contributed by atoms with Crippen LogP contribution in [0.3, 0.4) is 0 Å². The Hall–Kier alpha value is -5.22. The van der Waals surface area contributed by atoms with Gasteiger partial charge in [-0.15, -0.1) is 41.8 Å². The first-order valence-corrected chi connectivity index (χ1v) is 16.4. The van der Waals surface area contributed by atoms with Gasteiger partial charge in [-0.2, -0.15) is 0 Å². The van der Waals surface area contributed by atoms with Crippen molar-refractivity contribution < 1.29 is 42.6 Å². The molecule has 6 aromatic carbocycles. The molecule has 9 rings (SSSR count). The molecule has 0 aliphatic rings. The number of rotatable bonds is 3. The van der Waals surface area contributed by atoms with Crippen molar-refractivity contribution in [2.24, 2.45) is 5.41 Å². The quantitative estimate of drug-likeness (QED) is 0.131. The summed E-state index contributed by atoms with van der Waals surface area (Å²) in [5, 5.41) is 5.04. The molecule has 259 valence electrons. The maximum atomic E-state index is 14.4. The van der Waals surface area contributed by atoms with E-state index in [9.17, 15) is 4.39 Å². The first-order chi connectivity index (χ1) is 28.7. The van der Waals surface area contributed by atoms with E-state index in [0.717, 1.165) is 21.5 Å². The average Bonchev–Trinajstić information content (AvgIpc) is 3.58. The Bertz CT molecular complexity index is 3140. The van der Waals surface area contributed by atoms with Gasteiger partial charge in [0.05, 0.1) is 8.32 Å². The van der Waals surface area contributed by atoms with Gasteiger partial charge in [0.2, 0.25) is 0 Å². The number of para-hydroxylation sites is 1. The molecule has 9 aromatic rings. The van der Waals surface area contributed by atoms with E-state index in [-0.39, 0.29) is 65.8 Å². The summed E-state index contributed by atoms with van der Waals surface area (Å²) in [6.07, 6.45) is 0.787. The molecule has 0 bridgehead atoms. The summed E-state index contributed by atoms with van der Waals surface area (Å²) < 4.78 is 102. The molecule has 0 saturated carbocycles. The molecule has 0 fully saturated rings. The van der Waals surface area contributed by atoms with Gasteiger partial charge in [-0.3, -0.25) is 0 Å². The molecule has 1 radical (unpaired) electrons. The zero-order chi connectivity index (χ0) is 43.8. The number of pyridine rings is 2. The summed E-state index contributed by atoms with van der Waals surface area (Å²) >= 11 is 0. The van der Waals surface area contributed by atoms with Crippen LogP contribution in [0.5, 0.6) is 0 Å². The van der Waals surface area contributed by atoms with E-state index in [1.807, 2.05) is 54.6 Å². The van der Waals surface area contributed by atoms with Crippen molar-refractivity contribution in [2.45, 2.75) is 40.8 Å². The van der Waals surface area contributed by atoms with Crippen LogP contribution in [0.2, 0.25) is 0 Å².